The van der Waals surface area contributed by atoms with Crippen LogP contribution in [0.5, 0.6) is 0 Å². The molecule has 88 valence electrons. The molecule has 0 radical (unpaired) electrons. The maximum Gasteiger partial charge on any atom is 0.0841 e. The van der Waals surface area contributed by atoms with Gasteiger partial charge >= 0.3 is 0 Å². The van der Waals surface area contributed by atoms with Gasteiger partial charge in [-0.3, -0.25) is 4.68 Å². The molecule has 3 heteroatoms. The number of terminal acetylenes is 1. The first-order valence-electron chi connectivity index (χ1n) is 5.95. The standard InChI is InChI=1S/C14H17N3/c1-3-5-10-15-11-13-12-8-6-7-9-14(12)17(4-2)16-13/h1,6-9,15H,4-5,10-11H2,2H3. The summed E-state index contributed by atoms with van der Waals surface area (Å²) in [7, 11) is 0. The average Bonchev–Trinajstić information content (AvgIpc) is 2.73. The Bertz CT molecular complexity index is 534. The number of para-hydroxylation sites is 1. The lowest BCUT2D eigenvalue weighted by molar-refractivity contribution is 0.635. The highest BCUT2D eigenvalue weighted by molar-refractivity contribution is 5.81. The fraction of sp³-hybridized carbons (Fsp3) is 0.357. The molecule has 1 aromatic heterocycles. The van der Waals surface area contributed by atoms with Crippen molar-refractivity contribution >= 4 is 10.9 Å². The summed E-state index contributed by atoms with van der Waals surface area (Å²) in [5.41, 5.74) is 2.29. The van der Waals surface area contributed by atoms with Gasteiger partial charge in [-0.2, -0.15) is 5.10 Å². The molecule has 0 aliphatic rings. The highest BCUT2D eigenvalue weighted by Gasteiger charge is 2.07. The molecule has 1 heterocycles. The normalized spacial score (nSPS) is 10.6. The van der Waals surface area contributed by atoms with Crippen molar-refractivity contribution in [2.24, 2.45) is 0 Å². The summed E-state index contributed by atoms with van der Waals surface area (Å²) >= 11 is 0. The first kappa shape index (κ1) is 11.7. The predicted molar refractivity (Wildman–Crippen MR) is 70.6 cm³/mol. The quantitative estimate of drug-likeness (QED) is 0.626. The zero-order chi connectivity index (χ0) is 12.1. The van der Waals surface area contributed by atoms with Crippen molar-refractivity contribution in [3.05, 3.63) is 30.0 Å². The Kier molecular flexibility index (Phi) is 3.79. The van der Waals surface area contributed by atoms with E-state index in [2.05, 4.69) is 41.5 Å². The van der Waals surface area contributed by atoms with Crippen molar-refractivity contribution in [3.8, 4) is 12.3 Å². The Morgan fingerprint density at radius 2 is 2.24 bits per heavy atom. The number of benzene rings is 1. The molecular weight excluding hydrogens is 210 g/mol. The van der Waals surface area contributed by atoms with Gasteiger partial charge in [0, 0.05) is 31.4 Å². The third-order valence-corrected chi connectivity index (χ3v) is 2.77. The molecule has 17 heavy (non-hydrogen) atoms. The van der Waals surface area contributed by atoms with Crippen molar-refractivity contribution in [1.82, 2.24) is 15.1 Å². The van der Waals surface area contributed by atoms with E-state index in [9.17, 15) is 0 Å². The van der Waals surface area contributed by atoms with Crippen molar-refractivity contribution < 1.29 is 0 Å². The van der Waals surface area contributed by atoms with E-state index in [0.717, 1.165) is 31.7 Å². The highest BCUT2D eigenvalue weighted by Crippen LogP contribution is 2.17. The van der Waals surface area contributed by atoms with Crippen LogP contribution >= 0.6 is 0 Å². The van der Waals surface area contributed by atoms with Crippen LogP contribution in [0.3, 0.4) is 0 Å². The number of fused-ring (bicyclic) bond motifs is 1. The molecule has 0 saturated heterocycles. The summed E-state index contributed by atoms with van der Waals surface area (Å²) in [5.74, 6) is 2.62. The number of nitrogens with one attached hydrogen (secondary N) is 1. The number of aromatic nitrogens is 2. The largest absolute Gasteiger partial charge is 0.310 e. The van der Waals surface area contributed by atoms with Gasteiger partial charge in [0.05, 0.1) is 11.2 Å². The van der Waals surface area contributed by atoms with Crippen molar-refractivity contribution in [2.45, 2.75) is 26.4 Å². The predicted octanol–water partition coefficient (Wildman–Crippen LogP) is 2.17. The second-order valence-corrected chi connectivity index (χ2v) is 3.91. The maximum atomic E-state index is 5.21. The molecule has 2 rings (SSSR count). The molecule has 0 aliphatic carbocycles. The maximum absolute atomic E-state index is 5.21. The zero-order valence-electron chi connectivity index (χ0n) is 10.1. The number of hydrogen-bond donors (Lipinski definition) is 1. The van der Waals surface area contributed by atoms with E-state index in [1.54, 1.807) is 0 Å². The van der Waals surface area contributed by atoms with Gasteiger partial charge in [0.1, 0.15) is 0 Å². The number of nitrogens with zero attached hydrogens (tertiary/aromatic N) is 2. The molecule has 1 N–H and O–H groups in total. The van der Waals surface area contributed by atoms with E-state index in [1.165, 1.54) is 10.9 Å². The average molecular weight is 227 g/mol. The highest BCUT2D eigenvalue weighted by atomic mass is 15.3. The summed E-state index contributed by atoms with van der Waals surface area (Å²) in [6.45, 7) is 4.61. The molecule has 0 spiro atoms. The number of rotatable bonds is 5. The Morgan fingerprint density at radius 1 is 1.41 bits per heavy atom. The first-order valence-corrected chi connectivity index (χ1v) is 5.95. The van der Waals surface area contributed by atoms with Crippen molar-refractivity contribution in [1.29, 1.82) is 0 Å². The molecule has 0 bridgehead atoms. The van der Waals surface area contributed by atoms with Gasteiger partial charge in [-0.05, 0) is 13.0 Å². The Balaban J connectivity index is 2.19. The van der Waals surface area contributed by atoms with E-state index in [-0.39, 0.29) is 0 Å². The molecule has 0 saturated carbocycles. The number of hydrogen-bond acceptors (Lipinski definition) is 2. The van der Waals surface area contributed by atoms with Gasteiger partial charge in [-0.15, -0.1) is 12.3 Å². The van der Waals surface area contributed by atoms with E-state index in [0.29, 0.717) is 0 Å². The zero-order valence-corrected chi connectivity index (χ0v) is 10.1. The third kappa shape index (κ3) is 2.48. The SMILES string of the molecule is C#CCCNCc1nn(CC)c2ccccc12. The van der Waals surface area contributed by atoms with Crippen molar-refractivity contribution in [3.63, 3.8) is 0 Å². The van der Waals surface area contributed by atoms with Gasteiger partial charge < -0.3 is 5.32 Å². The van der Waals surface area contributed by atoms with Crippen LogP contribution < -0.4 is 5.32 Å². The van der Waals surface area contributed by atoms with Crippen molar-refractivity contribution in [2.75, 3.05) is 6.54 Å². The van der Waals surface area contributed by atoms with E-state index < -0.39 is 0 Å². The van der Waals surface area contributed by atoms with E-state index in [4.69, 9.17) is 6.42 Å². The topological polar surface area (TPSA) is 29.9 Å². The third-order valence-electron chi connectivity index (χ3n) is 2.77. The van der Waals surface area contributed by atoms with Gasteiger partial charge in [0.2, 0.25) is 0 Å². The number of aryl methyl sites for hydroxylation is 1. The summed E-state index contributed by atoms with van der Waals surface area (Å²) in [4.78, 5) is 0. The van der Waals surface area contributed by atoms with Crippen LogP contribution in [0.15, 0.2) is 24.3 Å². The monoisotopic (exact) mass is 227 g/mol. The molecule has 0 unspecified atom stereocenters. The molecule has 0 aliphatic heterocycles. The summed E-state index contributed by atoms with van der Waals surface area (Å²) in [6.07, 6.45) is 5.97. The van der Waals surface area contributed by atoms with Gasteiger partial charge in [-0.25, -0.2) is 0 Å². The summed E-state index contributed by atoms with van der Waals surface area (Å²) < 4.78 is 2.04. The second-order valence-electron chi connectivity index (χ2n) is 3.91. The second kappa shape index (κ2) is 5.51. The van der Waals surface area contributed by atoms with Crippen LogP contribution in [0.2, 0.25) is 0 Å². The minimum absolute atomic E-state index is 0.756. The lowest BCUT2D eigenvalue weighted by Crippen LogP contribution is -2.15. The minimum Gasteiger partial charge on any atom is -0.310 e. The molecule has 0 amide bonds. The Hall–Kier alpha value is -1.79. The van der Waals surface area contributed by atoms with Crippen LogP contribution in [-0.2, 0) is 13.1 Å². The smallest absolute Gasteiger partial charge is 0.0841 e. The van der Waals surface area contributed by atoms with Crippen LogP contribution in [0.4, 0.5) is 0 Å². The Morgan fingerprint density at radius 3 is 3.00 bits per heavy atom. The van der Waals surface area contributed by atoms with E-state index >= 15 is 0 Å². The lowest BCUT2D eigenvalue weighted by atomic mass is 10.2. The van der Waals surface area contributed by atoms with Crippen LogP contribution in [0, 0.1) is 12.3 Å². The summed E-state index contributed by atoms with van der Waals surface area (Å²) in [6, 6.07) is 8.32. The molecule has 1 aromatic carbocycles. The first-order chi connectivity index (χ1) is 8.36. The van der Waals surface area contributed by atoms with Gasteiger partial charge in [0.25, 0.3) is 0 Å². The molecular formula is C14H17N3. The van der Waals surface area contributed by atoms with Crippen LogP contribution in [-0.4, -0.2) is 16.3 Å². The Labute approximate surface area is 102 Å². The van der Waals surface area contributed by atoms with E-state index in [1.807, 2.05) is 10.7 Å². The molecule has 3 nitrogen and oxygen atoms in total. The minimum atomic E-state index is 0.756. The molecule has 0 fully saturated rings. The van der Waals surface area contributed by atoms with Gasteiger partial charge in [-0.1, -0.05) is 18.2 Å². The van der Waals surface area contributed by atoms with Crippen LogP contribution in [0.25, 0.3) is 10.9 Å². The van der Waals surface area contributed by atoms with Crippen LogP contribution in [0.1, 0.15) is 19.0 Å². The lowest BCUT2D eigenvalue weighted by Gasteiger charge is -1.99. The fourth-order valence-electron chi connectivity index (χ4n) is 1.94. The van der Waals surface area contributed by atoms with Gasteiger partial charge in [0.15, 0.2) is 0 Å². The molecule has 2 aromatic rings. The fourth-order valence-corrected chi connectivity index (χ4v) is 1.94. The summed E-state index contributed by atoms with van der Waals surface area (Å²) in [5, 5.41) is 9.15. The molecule has 0 atom stereocenters.